The van der Waals surface area contributed by atoms with E-state index in [1.807, 2.05) is 0 Å². The Hall–Kier alpha value is -4.25. The summed E-state index contributed by atoms with van der Waals surface area (Å²) in [4.78, 5) is 67.3. The third kappa shape index (κ3) is 3.32. The zero-order valence-corrected chi connectivity index (χ0v) is 23.0. The quantitative estimate of drug-likeness (QED) is 0.424. The number of anilines is 2. The molecule has 2 aromatic rings. The minimum atomic E-state index is -1.90. The predicted molar refractivity (Wildman–Crippen MR) is 142 cm³/mol. The highest BCUT2D eigenvalue weighted by molar-refractivity contribution is 6.07. The highest BCUT2D eigenvalue weighted by Crippen LogP contribution is 2.76. The third-order valence-electron chi connectivity index (χ3n) is 9.17. The second kappa shape index (κ2) is 8.62. The highest BCUT2D eigenvalue weighted by Gasteiger charge is 2.93. The van der Waals surface area contributed by atoms with Gasteiger partial charge in [-0.25, -0.2) is 4.79 Å². The van der Waals surface area contributed by atoms with Gasteiger partial charge in [-0.1, -0.05) is 39.0 Å². The van der Waals surface area contributed by atoms with Crippen LogP contribution in [0, 0.1) is 16.2 Å². The Balaban J connectivity index is 1.57. The van der Waals surface area contributed by atoms with Gasteiger partial charge in [-0.3, -0.25) is 24.1 Å². The molecular weight excluding hydrogens is 532 g/mol. The lowest BCUT2D eigenvalue weighted by Crippen LogP contribution is -2.66. The van der Waals surface area contributed by atoms with Crippen LogP contribution in [0.1, 0.15) is 50.9 Å². The number of rotatable bonds is 4. The number of hydrogen-bond acceptors (Lipinski definition) is 9. The van der Waals surface area contributed by atoms with E-state index in [-0.39, 0.29) is 23.6 Å². The van der Waals surface area contributed by atoms with Crippen LogP contribution in [0.15, 0.2) is 54.6 Å². The molecule has 11 heteroatoms. The van der Waals surface area contributed by atoms with E-state index in [1.165, 1.54) is 24.0 Å². The van der Waals surface area contributed by atoms with Crippen molar-refractivity contribution in [3.05, 3.63) is 60.2 Å². The first-order chi connectivity index (χ1) is 19.3. The lowest BCUT2D eigenvalue weighted by atomic mass is 9.52. The van der Waals surface area contributed by atoms with Crippen LogP contribution in [-0.2, 0) is 33.4 Å². The summed E-state index contributed by atoms with van der Waals surface area (Å²) < 4.78 is 17.5. The van der Waals surface area contributed by atoms with E-state index in [2.05, 4.69) is 5.32 Å². The first-order valence-electron chi connectivity index (χ1n) is 13.4. The molecular formula is C30H30N2O9. The maximum atomic E-state index is 14.4. The number of nitrogens with one attached hydrogen (secondary N) is 1. The van der Waals surface area contributed by atoms with Crippen LogP contribution in [0.2, 0.25) is 0 Å². The molecule has 4 aliphatic rings. The molecule has 6 atom stereocenters. The smallest absolute Gasteiger partial charge is 0.338 e. The molecule has 3 saturated heterocycles. The second-order valence-corrected chi connectivity index (χ2v) is 12.2. The average Bonchev–Trinajstić information content (AvgIpc) is 3.51. The van der Waals surface area contributed by atoms with Crippen LogP contribution in [-0.4, -0.2) is 58.9 Å². The van der Waals surface area contributed by atoms with Crippen molar-refractivity contribution in [2.45, 2.75) is 64.6 Å². The van der Waals surface area contributed by atoms with Crippen LogP contribution < -0.4 is 10.2 Å². The molecule has 0 radical (unpaired) electrons. The van der Waals surface area contributed by atoms with Crippen molar-refractivity contribution in [2.75, 3.05) is 10.2 Å². The van der Waals surface area contributed by atoms with Crippen LogP contribution in [0.25, 0.3) is 0 Å². The van der Waals surface area contributed by atoms with E-state index in [0.717, 1.165) is 0 Å². The molecule has 4 fully saturated rings. The first kappa shape index (κ1) is 26.9. The van der Waals surface area contributed by atoms with Gasteiger partial charge < -0.3 is 24.6 Å². The third-order valence-corrected chi connectivity index (χ3v) is 9.17. The van der Waals surface area contributed by atoms with Gasteiger partial charge in [0.05, 0.1) is 17.6 Å². The van der Waals surface area contributed by atoms with Gasteiger partial charge in [-0.15, -0.1) is 0 Å². The molecule has 0 aromatic heterocycles. The van der Waals surface area contributed by atoms with E-state index >= 15 is 0 Å². The molecule has 1 saturated carbocycles. The molecule has 2 aromatic carbocycles. The zero-order chi connectivity index (χ0) is 29.5. The van der Waals surface area contributed by atoms with Crippen LogP contribution in [0.3, 0.4) is 0 Å². The van der Waals surface area contributed by atoms with Gasteiger partial charge in [-0.2, -0.15) is 0 Å². The number of hydrogen-bond donors (Lipinski definition) is 2. The monoisotopic (exact) mass is 562 g/mol. The molecule has 3 aliphatic heterocycles. The maximum absolute atomic E-state index is 14.4. The Bertz CT molecular complexity index is 1480. The van der Waals surface area contributed by atoms with Gasteiger partial charge in [0, 0.05) is 24.7 Å². The first-order valence-corrected chi connectivity index (χ1v) is 13.4. The van der Waals surface area contributed by atoms with Crippen LogP contribution in [0.5, 0.6) is 0 Å². The standard InChI is InChI=1S/C30H30N2O9/c1-16(33)31-18-10-12-19(13-11-18)32-23(35)22(40-24(36)17-8-6-5-7-9-17)30-25(32)41-26(37)28(30)15-21(34)39-20(28)14-29(30,38)27(2,3)4/h5-13,20,22,25,38H,14-15H2,1-4H3,(H,31,33)/t20-,22-,25-,28-,29+,30+/m0/s1. The number of amides is 2. The van der Waals surface area contributed by atoms with E-state index in [4.69, 9.17) is 14.2 Å². The Labute approximate surface area is 235 Å². The molecule has 0 unspecified atom stereocenters. The van der Waals surface area contributed by atoms with Gasteiger partial charge in [0.25, 0.3) is 5.91 Å². The van der Waals surface area contributed by atoms with Crippen molar-refractivity contribution in [1.82, 2.24) is 0 Å². The summed E-state index contributed by atoms with van der Waals surface area (Å²) in [6, 6.07) is 14.3. The topological polar surface area (TPSA) is 149 Å². The van der Waals surface area contributed by atoms with Gasteiger partial charge in [-0.05, 0) is 41.8 Å². The lowest BCUT2D eigenvalue weighted by molar-refractivity contribution is -0.204. The molecule has 2 spiro atoms. The van der Waals surface area contributed by atoms with Gasteiger partial charge in [0.15, 0.2) is 12.3 Å². The summed E-state index contributed by atoms with van der Waals surface area (Å²) in [5.74, 6) is -3.31. The highest BCUT2D eigenvalue weighted by atomic mass is 16.6. The van der Waals surface area contributed by atoms with Crippen molar-refractivity contribution < 1.29 is 43.3 Å². The number of benzene rings is 2. The largest absolute Gasteiger partial charge is 0.461 e. The molecule has 2 amide bonds. The number of esters is 3. The van der Waals surface area contributed by atoms with Gasteiger partial charge in [0.2, 0.25) is 5.91 Å². The molecule has 41 heavy (non-hydrogen) atoms. The zero-order valence-electron chi connectivity index (χ0n) is 23.0. The summed E-state index contributed by atoms with van der Waals surface area (Å²) in [7, 11) is 0. The van der Waals surface area contributed by atoms with Crippen molar-refractivity contribution in [3.63, 3.8) is 0 Å². The Kier molecular flexibility index (Phi) is 5.67. The minimum Gasteiger partial charge on any atom is -0.461 e. The number of nitrogens with zero attached hydrogens (tertiary/aromatic N) is 1. The predicted octanol–water partition coefficient (Wildman–Crippen LogP) is 2.57. The summed E-state index contributed by atoms with van der Waals surface area (Å²) >= 11 is 0. The second-order valence-electron chi connectivity index (χ2n) is 12.2. The SMILES string of the molecule is CC(=O)Nc1ccc(N2C(=O)[C@H](OC(=O)c3ccccc3)[C@@]34[C@@H]2OC(=O)[C@@]32CC(=O)O[C@H]2C[C@@]4(O)C(C)(C)C)cc1. The average molecular weight is 563 g/mol. The Morgan fingerprint density at radius 1 is 1.02 bits per heavy atom. The Morgan fingerprint density at radius 2 is 1.68 bits per heavy atom. The van der Waals surface area contributed by atoms with Crippen molar-refractivity contribution in [2.24, 2.45) is 16.2 Å². The van der Waals surface area contributed by atoms with E-state index in [1.54, 1.807) is 63.2 Å². The fourth-order valence-electron chi connectivity index (χ4n) is 7.44. The van der Waals surface area contributed by atoms with E-state index in [9.17, 15) is 29.1 Å². The van der Waals surface area contributed by atoms with Crippen molar-refractivity contribution in [3.8, 4) is 0 Å². The number of aliphatic hydroxyl groups is 1. The number of carbonyl (C=O) groups excluding carboxylic acids is 5. The van der Waals surface area contributed by atoms with Crippen LogP contribution in [0.4, 0.5) is 11.4 Å². The Morgan fingerprint density at radius 3 is 2.29 bits per heavy atom. The summed E-state index contributed by atoms with van der Waals surface area (Å²) in [6.45, 7) is 6.62. The van der Waals surface area contributed by atoms with Crippen molar-refractivity contribution >= 4 is 41.1 Å². The van der Waals surface area contributed by atoms with Gasteiger partial charge >= 0.3 is 17.9 Å². The molecule has 1 aliphatic carbocycles. The van der Waals surface area contributed by atoms with Crippen molar-refractivity contribution in [1.29, 1.82) is 0 Å². The summed E-state index contributed by atoms with van der Waals surface area (Å²) in [5, 5.41) is 15.4. The molecule has 2 N–H and O–H groups in total. The van der Waals surface area contributed by atoms with E-state index < -0.39 is 70.5 Å². The molecule has 0 bridgehead atoms. The molecule has 6 rings (SSSR count). The summed E-state index contributed by atoms with van der Waals surface area (Å²) in [5.41, 5.74) is -5.63. The summed E-state index contributed by atoms with van der Waals surface area (Å²) in [6.07, 6.45) is -4.82. The maximum Gasteiger partial charge on any atom is 0.338 e. The minimum absolute atomic E-state index is 0.157. The molecule has 11 nitrogen and oxygen atoms in total. The number of ether oxygens (including phenoxy) is 3. The molecule has 214 valence electrons. The van der Waals surface area contributed by atoms with E-state index in [0.29, 0.717) is 5.69 Å². The fourth-order valence-corrected chi connectivity index (χ4v) is 7.44. The fraction of sp³-hybridized carbons (Fsp3) is 0.433. The lowest BCUT2D eigenvalue weighted by Gasteiger charge is -2.51. The normalized spacial score (nSPS) is 33.5. The van der Waals surface area contributed by atoms with Crippen LogP contribution >= 0.6 is 0 Å². The molecule has 3 heterocycles. The van der Waals surface area contributed by atoms with Gasteiger partial charge in [0.1, 0.15) is 16.9 Å². The number of carbonyl (C=O) groups is 5.